The number of nitrogens with zero attached hydrogens (tertiary/aromatic N) is 1. The Morgan fingerprint density at radius 2 is 1.51 bits per heavy atom. The topological polar surface area (TPSA) is 127 Å². The van der Waals surface area contributed by atoms with Crippen LogP contribution in [-0.4, -0.2) is 55.9 Å². The van der Waals surface area contributed by atoms with Gasteiger partial charge in [-0.05, 0) is 80.0 Å². The summed E-state index contributed by atoms with van der Waals surface area (Å²) in [6.45, 7) is 8.33. The predicted octanol–water partition coefficient (Wildman–Crippen LogP) is 3.69. The van der Waals surface area contributed by atoms with Crippen molar-refractivity contribution in [3.8, 4) is 0 Å². The van der Waals surface area contributed by atoms with Gasteiger partial charge in [-0.15, -0.1) is 0 Å². The van der Waals surface area contributed by atoms with Gasteiger partial charge in [-0.3, -0.25) is 4.55 Å². The second-order valence-corrected chi connectivity index (χ2v) is 10.6. The van der Waals surface area contributed by atoms with Crippen molar-refractivity contribution in [2.45, 2.75) is 30.6 Å². The summed E-state index contributed by atoms with van der Waals surface area (Å²) in [5.74, 6) is 0. The first-order chi connectivity index (χ1) is 16.5. The molecule has 0 atom stereocenters. The molecule has 8 nitrogen and oxygen atoms in total. The normalized spacial score (nSPS) is 13.7. The lowest BCUT2D eigenvalue weighted by Crippen LogP contribution is -2.19. The highest BCUT2D eigenvalue weighted by Crippen LogP contribution is 2.35. The van der Waals surface area contributed by atoms with E-state index in [1.165, 1.54) is 0 Å². The van der Waals surface area contributed by atoms with Gasteiger partial charge in [-0.2, -0.15) is 8.42 Å². The Hall–Kier alpha value is -3.05. The first-order valence-electron chi connectivity index (χ1n) is 11.1. The van der Waals surface area contributed by atoms with Gasteiger partial charge in [0.2, 0.25) is 0 Å². The number of hydrogen-bond donors (Lipinski definition) is 2. The third kappa shape index (κ3) is 6.15. The quantitative estimate of drug-likeness (QED) is 0.405. The molecule has 0 bridgehead atoms. The zero-order valence-electron chi connectivity index (χ0n) is 19.7. The van der Waals surface area contributed by atoms with Crippen LogP contribution in [0.1, 0.15) is 31.9 Å². The number of anilines is 1. The third-order valence-corrected chi connectivity index (χ3v) is 7.37. The third-order valence-electron chi connectivity index (χ3n) is 5.63. The van der Waals surface area contributed by atoms with Gasteiger partial charge in [0.15, 0.2) is 5.71 Å². The van der Waals surface area contributed by atoms with Crippen LogP contribution in [0, 0.1) is 0 Å². The lowest BCUT2D eigenvalue weighted by atomic mass is 9.90. The molecule has 0 amide bonds. The Morgan fingerprint density at radius 1 is 0.914 bits per heavy atom. The van der Waals surface area contributed by atoms with Crippen molar-refractivity contribution in [2.75, 3.05) is 25.0 Å². The Morgan fingerprint density at radius 3 is 2.00 bits per heavy atom. The minimum Gasteiger partial charge on any atom is -0.744 e. The summed E-state index contributed by atoms with van der Waals surface area (Å²) in [5.41, 5.74) is 3.24. The van der Waals surface area contributed by atoms with Gasteiger partial charge in [-0.1, -0.05) is 12.1 Å². The molecule has 0 aliphatic heterocycles. The molecule has 10 heteroatoms. The van der Waals surface area contributed by atoms with Gasteiger partial charge < -0.3 is 9.87 Å². The van der Waals surface area contributed by atoms with Gasteiger partial charge in [0.05, 0.1) is 4.90 Å². The van der Waals surface area contributed by atoms with Crippen LogP contribution >= 0.6 is 0 Å². The van der Waals surface area contributed by atoms with E-state index in [2.05, 4.69) is 9.89 Å². The highest BCUT2D eigenvalue weighted by Gasteiger charge is 2.23. The Balaban J connectivity index is 2.37. The van der Waals surface area contributed by atoms with Crippen molar-refractivity contribution >= 4 is 37.2 Å². The summed E-state index contributed by atoms with van der Waals surface area (Å²) >= 11 is 0. The SMILES string of the molecule is CCNc1ccc(C(=C2C=CC(=[N+](CC)CC)C=C2)c2cc(S(=O)(=O)[O-])ccc2S(=O)(=O)O)cc1. The molecule has 3 rings (SSSR count). The average Bonchev–Trinajstić information content (AvgIpc) is 2.81. The lowest BCUT2D eigenvalue weighted by molar-refractivity contribution is -0.519. The van der Waals surface area contributed by atoms with Crippen molar-refractivity contribution in [1.82, 2.24) is 0 Å². The van der Waals surface area contributed by atoms with Gasteiger partial charge in [0.1, 0.15) is 28.1 Å². The van der Waals surface area contributed by atoms with Gasteiger partial charge in [-0.25, -0.2) is 13.0 Å². The molecule has 1 aliphatic carbocycles. The van der Waals surface area contributed by atoms with Crippen LogP contribution in [0.2, 0.25) is 0 Å². The van der Waals surface area contributed by atoms with Crippen LogP contribution in [0.3, 0.4) is 0 Å². The van der Waals surface area contributed by atoms with E-state index in [1.54, 1.807) is 24.3 Å². The molecule has 2 aromatic rings. The average molecular weight is 517 g/mol. The molecule has 0 saturated carbocycles. The summed E-state index contributed by atoms with van der Waals surface area (Å²) < 4.78 is 71.8. The molecule has 186 valence electrons. The van der Waals surface area contributed by atoms with Crippen LogP contribution in [0.4, 0.5) is 5.69 Å². The summed E-state index contributed by atoms with van der Waals surface area (Å²) in [6, 6.07) is 9.96. The molecule has 2 N–H and O–H groups in total. The van der Waals surface area contributed by atoms with E-state index in [9.17, 15) is 25.9 Å². The van der Waals surface area contributed by atoms with E-state index in [0.717, 1.165) is 42.7 Å². The molecule has 35 heavy (non-hydrogen) atoms. The molecule has 0 radical (unpaired) electrons. The number of hydrogen-bond acceptors (Lipinski definition) is 6. The van der Waals surface area contributed by atoms with Gasteiger partial charge >= 0.3 is 0 Å². The Kier molecular flexibility index (Phi) is 8.11. The smallest absolute Gasteiger partial charge is 0.295 e. The molecule has 0 unspecified atom stereocenters. The number of benzene rings is 2. The Labute approximate surface area is 206 Å². The van der Waals surface area contributed by atoms with Crippen molar-refractivity contribution in [1.29, 1.82) is 0 Å². The Bertz CT molecular complexity index is 1430. The number of nitrogens with one attached hydrogen (secondary N) is 1. The maximum Gasteiger partial charge on any atom is 0.295 e. The fourth-order valence-electron chi connectivity index (χ4n) is 3.95. The zero-order valence-corrected chi connectivity index (χ0v) is 21.4. The second-order valence-electron chi connectivity index (χ2n) is 7.79. The van der Waals surface area contributed by atoms with E-state index in [1.807, 2.05) is 45.1 Å². The van der Waals surface area contributed by atoms with Gasteiger partial charge in [0, 0.05) is 29.9 Å². The van der Waals surface area contributed by atoms with E-state index >= 15 is 0 Å². The highest BCUT2D eigenvalue weighted by atomic mass is 32.2. The van der Waals surface area contributed by atoms with Crippen LogP contribution in [-0.2, 0) is 20.2 Å². The second kappa shape index (κ2) is 10.7. The molecule has 0 fully saturated rings. The largest absolute Gasteiger partial charge is 0.744 e. The summed E-state index contributed by atoms with van der Waals surface area (Å²) in [7, 11) is -9.62. The summed E-state index contributed by atoms with van der Waals surface area (Å²) in [4.78, 5) is -1.09. The van der Waals surface area contributed by atoms with Crippen molar-refractivity contribution < 1.29 is 30.5 Å². The predicted molar refractivity (Wildman–Crippen MR) is 135 cm³/mol. The fourth-order valence-corrected chi connectivity index (χ4v) is 5.12. The minimum atomic E-state index is -4.88. The molecule has 0 aromatic heterocycles. The van der Waals surface area contributed by atoms with Crippen LogP contribution in [0.25, 0.3) is 5.57 Å². The number of allylic oxidation sites excluding steroid dienone is 5. The molecule has 0 spiro atoms. The molecular weight excluding hydrogens is 488 g/mol. The van der Waals surface area contributed by atoms with E-state index in [4.69, 9.17) is 0 Å². The van der Waals surface area contributed by atoms with Crippen LogP contribution < -0.4 is 5.32 Å². The maximum absolute atomic E-state index is 12.2. The first-order valence-corrected chi connectivity index (χ1v) is 14.0. The molecule has 0 heterocycles. The summed E-state index contributed by atoms with van der Waals surface area (Å²) in [5, 5.41) is 3.18. The van der Waals surface area contributed by atoms with Crippen molar-refractivity contribution in [3.63, 3.8) is 0 Å². The molecule has 2 aromatic carbocycles. The van der Waals surface area contributed by atoms with Crippen molar-refractivity contribution in [3.05, 3.63) is 83.5 Å². The van der Waals surface area contributed by atoms with E-state index in [-0.39, 0.29) is 5.56 Å². The first kappa shape index (κ1) is 26.6. The number of rotatable bonds is 8. The highest BCUT2D eigenvalue weighted by molar-refractivity contribution is 7.86. The summed E-state index contributed by atoms with van der Waals surface area (Å²) in [6.07, 6.45) is 7.37. The molecule has 1 aliphatic rings. The zero-order chi connectivity index (χ0) is 25.8. The van der Waals surface area contributed by atoms with Crippen LogP contribution in [0.5, 0.6) is 0 Å². The standard InChI is InChI=1S/C25H28N2O6S2/c1-4-26-20-11-7-18(8-12-20)25(19-9-13-21(14-10-19)27(5-2)6-3)23-17-22(34(28,29)30)15-16-24(23)35(31,32)33/h7-17H,4-6H2,1-3H3,(H2,28,29,30,31,32,33). The monoisotopic (exact) mass is 516 g/mol. The van der Waals surface area contributed by atoms with Crippen molar-refractivity contribution in [2.24, 2.45) is 0 Å². The lowest BCUT2D eigenvalue weighted by Gasteiger charge is -2.18. The van der Waals surface area contributed by atoms with Crippen LogP contribution in [0.15, 0.2) is 82.1 Å². The minimum absolute atomic E-state index is 0.0868. The van der Waals surface area contributed by atoms with Gasteiger partial charge in [0.25, 0.3) is 10.1 Å². The van der Waals surface area contributed by atoms with E-state index < -0.39 is 30.0 Å². The molecule has 0 saturated heterocycles. The van der Waals surface area contributed by atoms with E-state index in [0.29, 0.717) is 23.3 Å². The maximum atomic E-state index is 12.2. The fraction of sp³-hybridized carbons (Fsp3) is 0.240. The molecular formula is C25H28N2O6S2.